The van der Waals surface area contributed by atoms with Crippen molar-refractivity contribution in [3.8, 4) is 5.75 Å². The Balaban J connectivity index is 0.00000176. The lowest BCUT2D eigenvalue weighted by molar-refractivity contribution is 0.206. The monoisotopic (exact) mass is 316 g/mol. The SMILES string of the molecule is Cl.NC(N)=N/N=C1\CC(c2ccccc2)Oc2ccccc21. The molecule has 2 aromatic rings. The van der Waals surface area contributed by atoms with E-state index in [0.29, 0.717) is 6.42 Å². The van der Waals surface area contributed by atoms with Crippen molar-refractivity contribution in [2.24, 2.45) is 21.7 Å². The van der Waals surface area contributed by atoms with Gasteiger partial charge >= 0.3 is 0 Å². The summed E-state index contributed by atoms with van der Waals surface area (Å²) in [5.41, 5.74) is 13.6. The molecule has 1 aliphatic heterocycles. The molecule has 0 amide bonds. The number of benzene rings is 2. The molecule has 22 heavy (non-hydrogen) atoms. The van der Waals surface area contributed by atoms with Crippen molar-refractivity contribution in [3.05, 3.63) is 65.7 Å². The molecule has 0 saturated carbocycles. The van der Waals surface area contributed by atoms with Crippen molar-refractivity contribution < 1.29 is 4.74 Å². The minimum absolute atomic E-state index is 0. The minimum atomic E-state index is -0.0888. The van der Waals surface area contributed by atoms with Crippen molar-refractivity contribution in [2.75, 3.05) is 0 Å². The standard InChI is InChI=1S/C16H16N4O.ClH/c17-16(18)20-19-13-10-15(11-6-2-1-3-7-11)21-14-9-5-4-8-12(13)14;/h1-9,15H,10H2,(H4,17,18,20);1H/b19-13+;. The van der Waals surface area contributed by atoms with Crippen molar-refractivity contribution in [3.63, 3.8) is 0 Å². The molecule has 3 rings (SSSR count). The summed E-state index contributed by atoms with van der Waals surface area (Å²) in [5.74, 6) is 0.741. The summed E-state index contributed by atoms with van der Waals surface area (Å²) in [6, 6.07) is 17.8. The Bertz CT molecular complexity index is 696. The van der Waals surface area contributed by atoms with Gasteiger partial charge < -0.3 is 16.2 Å². The largest absolute Gasteiger partial charge is 0.485 e. The van der Waals surface area contributed by atoms with E-state index in [-0.39, 0.29) is 24.5 Å². The molecule has 114 valence electrons. The van der Waals surface area contributed by atoms with Crippen LogP contribution in [0, 0.1) is 0 Å². The van der Waals surface area contributed by atoms with E-state index >= 15 is 0 Å². The molecule has 4 N–H and O–H groups in total. The molecule has 0 fully saturated rings. The van der Waals surface area contributed by atoms with Gasteiger partial charge in [0.05, 0.1) is 5.71 Å². The molecular formula is C16H17ClN4O. The van der Waals surface area contributed by atoms with Gasteiger partial charge in [-0.15, -0.1) is 17.5 Å². The van der Waals surface area contributed by atoms with Crippen LogP contribution in [0.4, 0.5) is 0 Å². The molecule has 5 nitrogen and oxygen atoms in total. The van der Waals surface area contributed by atoms with Crippen LogP contribution in [0.15, 0.2) is 64.8 Å². The van der Waals surface area contributed by atoms with Gasteiger partial charge in [0.2, 0.25) is 5.96 Å². The van der Waals surface area contributed by atoms with Crippen LogP contribution in [0.2, 0.25) is 0 Å². The van der Waals surface area contributed by atoms with E-state index in [1.54, 1.807) is 0 Å². The second-order valence-corrected chi connectivity index (χ2v) is 4.79. The third-order valence-corrected chi connectivity index (χ3v) is 3.30. The van der Waals surface area contributed by atoms with Crippen LogP contribution in [-0.4, -0.2) is 11.7 Å². The first-order valence-corrected chi connectivity index (χ1v) is 6.70. The third kappa shape index (κ3) is 3.38. The van der Waals surface area contributed by atoms with Crippen LogP contribution in [-0.2, 0) is 0 Å². The van der Waals surface area contributed by atoms with Gasteiger partial charge in [-0.1, -0.05) is 42.5 Å². The Morgan fingerprint density at radius 3 is 2.41 bits per heavy atom. The quantitative estimate of drug-likeness (QED) is 0.507. The molecule has 2 aromatic carbocycles. The number of halogens is 1. The molecule has 0 radical (unpaired) electrons. The molecule has 0 aromatic heterocycles. The lowest BCUT2D eigenvalue weighted by atomic mass is 9.96. The van der Waals surface area contributed by atoms with E-state index in [9.17, 15) is 0 Å². The summed E-state index contributed by atoms with van der Waals surface area (Å²) in [4.78, 5) is 0. The van der Waals surface area contributed by atoms with Crippen molar-refractivity contribution in [1.29, 1.82) is 0 Å². The predicted molar refractivity (Wildman–Crippen MR) is 90.5 cm³/mol. The molecule has 1 atom stereocenters. The molecule has 1 aliphatic rings. The molecule has 1 heterocycles. The average molecular weight is 317 g/mol. The summed E-state index contributed by atoms with van der Waals surface area (Å²) < 4.78 is 6.06. The third-order valence-electron chi connectivity index (χ3n) is 3.30. The topological polar surface area (TPSA) is 86.0 Å². The second-order valence-electron chi connectivity index (χ2n) is 4.79. The minimum Gasteiger partial charge on any atom is -0.485 e. The first kappa shape index (κ1) is 15.9. The Morgan fingerprint density at radius 1 is 1.00 bits per heavy atom. The van der Waals surface area contributed by atoms with Crippen molar-refractivity contribution in [2.45, 2.75) is 12.5 Å². The summed E-state index contributed by atoms with van der Waals surface area (Å²) in [7, 11) is 0. The molecule has 0 spiro atoms. The highest BCUT2D eigenvalue weighted by Crippen LogP contribution is 2.35. The fraction of sp³-hybridized carbons (Fsp3) is 0.125. The van der Waals surface area contributed by atoms with E-state index < -0.39 is 0 Å². The van der Waals surface area contributed by atoms with Crippen LogP contribution >= 0.6 is 12.4 Å². The molecule has 6 heteroatoms. The zero-order valence-electron chi connectivity index (χ0n) is 11.8. The van der Waals surface area contributed by atoms with Gasteiger partial charge in [0.25, 0.3) is 0 Å². The number of nitrogens with zero attached hydrogens (tertiary/aromatic N) is 2. The zero-order chi connectivity index (χ0) is 14.7. The Morgan fingerprint density at radius 2 is 1.68 bits per heavy atom. The van der Waals surface area contributed by atoms with Crippen LogP contribution in [0.5, 0.6) is 5.75 Å². The number of rotatable bonds is 2. The second kappa shape index (κ2) is 6.95. The van der Waals surface area contributed by atoms with Gasteiger partial charge in [0.1, 0.15) is 11.9 Å². The van der Waals surface area contributed by atoms with Gasteiger partial charge in [-0.05, 0) is 17.7 Å². The van der Waals surface area contributed by atoms with Gasteiger partial charge in [0, 0.05) is 12.0 Å². The summed E-state index contributed by atoms with van der Waals surface area (Å²) in [6.45, 7) is 0. The fourth-order valence-corrected chi connectivity index (χ4v) is 2.35. The van der Waals surface area contributed by atoms with Crippen LogP contribution in [0.1, 0.15) is 23.7 Å². The van der Waals surface area contributed by atoms with Crippen molar-refractivity contribution in [1.82, 2.24) is 0 Å². The first-order chi connectivity index (χ1) is 10.2. The van der Waals surface area contributed by atoms with Crippen LogP contribution in [0.3, 0.4) is 0 Å². The maximum Gasteiger partial charge on any atom is 0.211 e. The smallest absolute Gasteiger partial charge is 0.211 e. The molecule has 1 unspecified atom stereocenters. The highest BCUT2D eigenvalue weighted by molar-refractivity contribution is 6.04. The number of guanidine groups is 1. The van der Waals surface area contributed by atoms with Gasteiger partial charge in [-0.3, -0.25) is 0 Å². The number of hydrogen-bond donors (Lipinski definition) is 2. The van der Waals surface area contributed by atoms with Crippen LogP contribution < -0.4 is 16.2 Å². The van der Waals surface area contributed by atoms with Crippen LogP contribution in [0.25, 0.3) is 0 Å². The maximum absolute atomic E-state index is 6.06. The predicted octanol–water partition coefficient (Wildman–Crippen LogP) is 2.61. The van der Waals surface area contributed by atoms with Gasteiger partial charge in [-0.2, -0.15) is 5.10 Å². The Hall–Kier alpha value is -2.53. The zero-order valence-corrected chi connectivity index (χ0v) is 12.7. The summed E-state index contributed by atoms with van der Waals surface area (Å²) >= 11 is 0. The summed E-state index contributed by atoms with van der Waals surface area (Å²) in [5, 5.41) is 7.95. The molecule has 0 bridgehead atoms. The number of fused-ring (bicyclic) bond motifs is 1. The number of para-hydroxylation sites is 1. The highest BCUT2D eigenvalue weighted by Gasteiger charge is 2.25. The normalized spacial score (nSPS) is 17.8. The highest BCUT2D eigenvalue weighted by atomic mass is 35.5. The number of nitrogens with two attached hydrogens (primary N) is 2. The maximum atomic E-state index is 6.06. The van der Waals surface area contributed by atoms with E-state index in [1.807, 2.05) is 54.6 Å². The molecular weight excluding hydrogens is 300 g/mol. The van der Waals surface area contributed by atoms with Gasteiger partial charge in [0.15, 0.2) is 0 Å². The van der Waals surface area contributed by atoms with E-state index in [2.05, 4.69) is 10.2 Å². The molecule has 0 saturated heterocycles. The Kier molecular flexibility index (Phi) is 5.01. The lowest BCUT2D eigenvalue weighted by Crippen LogP contribution is -2.23. The average Bonchev–Trinajstić information content (AvgIpc) is 2.53. The van der Waals surface area contributed by atoms with E-state index in [1.165, 1.54) is 0 Å². The van der Waals surface area contributed by atoms with Gasteiger partial charge in [-0.25, -0.2) is 0 Å². The fourth-order valence-electron chi connectivity index (χ4n) is 2.35. The first-order valence-electron chi connectivity index (χ1n) is 6.70. The van der Waals surface area contributed by atoms with Crippen molar-refractivity contribution >= 4 is 24.1 Å². The number of hydrogen-bond acceptors (Lipinski definition) is 3. The van der Waals surface area contributed by atoms with E-state index in [4.69, 9.17) is 16.2 Å². The van der Waals surface area contributed by atoms with E-state index in [0.717, 1.165) is 22.6 Å². The Labute approximate surface area is 135 Å². The summed E-state index contributed by atoms with van der Waals surface area (Å²) in [6.07, 6.45) is 0.534. The molecule has 0 aliphatic carbocycles. The lowest BCUT2D eigenvalue weighted by Gasteiger charge is -2.27. The number of ether oxygens (including phenoxy) is 1.